The second kappa shape index (κ2) is 7.39. The molecule has 1 aromatic rings. The Hall–Kier alpha value is -0.890. The Labute approximate surface area is 97.6 Å². The molecule has 0 bridgehead atoms. The Bertz CT molecular complexity index is 265. The van der Waals surface area contributed by atoms with Gasteiger partial charge in [0.1, 0.15) is 5.82 Å². The molecule has 0 radical (unpaired) electrons. The van der Waals surface area contributed by atoms with Gasteiger partial charge in [-0.1, -0.05) is 25.1 Å². The van der Waals surface area contributed by atoms with Crippen molar-refractivity contribution in [2.24, 2.45) is 5.92 Å². The molecule has 0 aromatic heterocycles. The Balaban J connectivity index is 0.000000165. The zero-order valence-corrected chi connectivity index (χ0v) is 10.2. The maximum Gasteiger partial charge on any atom is 0.123 e. The molecule has 90 valence electrons. The Morgan fingerprint density at radius 3 is 2.00 bits per heavy atom. The largest absolute Gasteiger partial charge is 0.381 e. The molecule has 0 spiro atoms. The lowest BCUT2D eigenvalue weighted by Gasteiger charge is -2.24. The first-order valence-electron chi connectivity index (χ1n) is 5.95. The quantitative estimate of drug-likeness (QED) is 0.699. The molecule has 2 rings (SSSR count). The summed E-state index contributed by atoms with van der Waals surface area (Å²) < 4.78 is 17.1. The minimum atomic E-state index is -0.178. The molecule has 0 unspecified atom stereocenters. The normalized spacial score (nSPS) is 24.4. The number of ether oxygens (including phenoxy) is 1. The molecule has 1 aromatic carbocycles. The van der Waals surface area contributed by atoms with Gasteiger partial charge < -0.3 is 4.74 Å². The molecule has 1 aliphatic rings. The van der Waals surface area contributed by atoms with Gasteiger partial charge in [0.05, 0.1) is 6.10 Å². The molecule has 0 atom stereocenters. The van der Waals surface area contributed by atoms with Crippen molar-refractivity contribution in [3.8, 4) is 0 Å². The number of hydrogen-bond acceptors (Lipinski definition) is 1. The summed E-state index contributed by atoms with van der Waals surface area (Å²) in [7, 11) is 1.82. The van der Waals surface area contributed by atoms with Crippen LogP contribution in [0.5, 0.6) is 0 Å². The van der Waals surface area contributed by atoms with Crippen LogP contribution in [-0.2, 0) is 4.74 Å². The number of rotatable bonds is 1. The lowest BCUT2D eigenvalue weighted by atomic mass is 9.89. The summed E-state index contributed by atoms with van der Waals surface area (Å²) in [6, 6.07) is 7.94. The predicted molar refractivity (Wildman–Crippen MR) is 64.8 cm³/mol. The lowest BCUT2D eigenvalue weighted by molar-refractivity contribution is 0.0593. The van der Waals surface area contributed by atoms with E-state index in [2.05, 4.69) is 6.92 Å². The van der Waals surface area contributed by atoms with Gasteiger partial charge in [0.2, 0.25) is 0 Å². The smallest absolute Gasteiger partial charge is 0.123 e. The van der Waals surface area contributed by atoms with E-state index in [9.17, 15) is 4.39 Å². The highest BCUT2D eigenvalue weighted by atomic mass is 19.1. The van der Waals surface area contributed by atoms with Crippen molar-refractivity contribution in [1.82, 2.24) is 0 Å². The molecule has 0 amide bonds. The van der Waals surface area contributed by atoms with E-state index < -0.39 is 0 Å². The van der Waals surface area contributed by atoms with Crippen LogP contribution in [0.3, 0.4) is 0 Å². The predicted octanol–water partition coefficient (Wildman–Crippen LogP) is 4.04. The first kappa shape index (κ1) is 13.2. The second-order valence-electron chi connectivity index (χ2n) is 4.41. The fraction of sp³-hybridized carbons (Fsp3) is 0.571. The zero-order chi connectivity index (χ0) is 11.8. The summed E-state index contributed by atoms with van der Waals surface area (Å²) in [4.78, 5) is 0. The number of benzene rings is 1. The summed E-state index contributed by atoms with van der Waals surface area (Å²) in [5.74, 6) is 0.763. The fourth-order valence-corrected chi connectivity index (χ4v) is 1.88. The summed E-state index contributed by atoms with van der Waals surface area (Å²) in [5, 5.41) is 0. The first-order valence-corrected chi connectivity index (χ1v) is 5.95. The van der Waals surface area contributed by atoms with E-state index in [-0.39, 0.29) is 5.82 Å². The van der Waals surface area contributed by atoms with Crippen molar-refractivity contribution in [3.05, 3.63) is 36.1 Å². The number of halogens is 1. The topological polar surface area (TPSA) is 9.23 Å². The van der Waals surface area contributed by atoms with Gasteiger partial charge in [0.25, 0.3) is 0 Å². The zero-order valence-electron chi connectivity index (χ0n) is 10.2. The maximum atomic E-state index is 11.9. The van der Waals surface area contributed by atoms with Crippen LogP contribution < -0.4 is 0 Å². The third-order valence-corrected chi connectivity index (χ3v) is 3.03. The van der Waals surface area contributed by atoms with Gasteiger partial charge in [-0.2, -0.15) is 0 Å². The van der Waals surface area contributed by atoms with Crippen LogP contribution in [0, 0.1) is 11.7 Å². The maximum absolute atomic E-state index is 11.9. The van der Waals surface area contributed by atoms with E-state index >= 15 is 0 Å². The average Bonchev–Trinajstić information content (AvgIpc) is 2.32. The molecular formula is C14H21FO. The van der Waals surface area contributed by atoms with Crippen LogP contribution in [0.15, 0.2) is 30.3 Å². The van der Waals surface area contributed by atoms with E-state index in [4.69, 9.17) is 4.74 Å². The Morgan fingerprint density at radius 2 is 1.62 bits per heavy atom. The molecule has 0 N–H and O–H groups in total. The molecular weight excluding hydrogens is 203 g/mol. The fourth-order valence-electron chi connectivity index (χ4n) is 1.88. The summed E-state index contributed by atoms with van der Waals surface area (Å²) in [6.07, 6.45) is 5.84. The summed E-state index contributed by atoms with van der Waals surface area (Å²) in [5.41, 5.74) is 0. The van der Waals surface area contributed by atoms with Gasteiger partial charge in [-0.15, -0.1) is 0 Å². The van der Waals surface area contributed by atoms with Gasteiger partial charge in [-0.3, -0.25) is 0 Å². The standard InChI is InChI=1S/C8H16O.C6H5F/c1-7-3-5-8(9-2)6-4-7;7-6-4-2-1-3-5-6/h7-8H,3-6H2,1-2H3;1-5H. The summed E-state index contributed by atoms with van der Waals surface area (Å²) in [6.45, 7) is 2.33. The molecule has 1 aliphatic carbocycles. The van der Waals surface area contributed by atoms with Crippen LogP contribution in [-0.4, -0.2) is 13.2 Å². The van der Waals surface area contributed by atoms with Crippen LogP contribution >= 0.6 is 0 Å². The van der Waals surface area contributed by atoms with Crippen molar-refractivity contribution in [1.29, 1.82) is 0 Å². The van der Waals surface area contributed by atoms with Gasteiger partial charge in [-0.05, 0) is 43.7 Å². The molecule has 1 saturated carbocycles. The average molecular weight is 224 g/mol. The molecule has 2 heteroatoms. The van der Waals surface area contributed by atoms with E-state index in [0.29, 0.717) is 6.10 Å². The second-order valence-corrected chi connectivity index (χ2v) is 4.41. The van der Waals surface area contributed by atoms with Gasteiger partial charge in [0.15, 0.2) is 0 Å². The van der Waals surface area contributed by atoms with Crippen molar-refractivity contribution >= 4 is 0 Å². The highest BCUT2D eigenvalue weighted by molar-refractivity contribution is 5.02. The lowest BCUT2D eigenvalue weighted by Crippen LogP contribution is -2.18. The van der Waals surface area contributed by atoms with Gasteiger partial charge in [-0.25, -0.2) is 4.39 Å². The monoisotopic (exact) mass is 224 g/mol. The SMILES string of the molecule is COC1CCC(C)CC1.Fc1ccccc1. The van der Waals surface area contributed by atoms with Crippen LogP contribution in [0.4, 0.5) is 4.39 Å². The third kappa shape index (κ3) is 5.26. The molecule has 0 heterocycles. The highest BCUT2D eigenvalue weighted by Gasteiger charge is 2.16. The number of hydrogen-bond donors (Lipinski definition) is 0. The Morgan fingerprint density at radius 1 is 1.06 bits per heavy atom. The van der Waals surface area contributed by atoms with Crippen molar-refractivity contribution in [2.45, 2.75) is 38.7 Å². The van der Waals surface area contributed by atoms with Crippen LogP contribution in [0.25, 0.3) is 0 Å². The van der Waals surface area contributed by atoms with Crippen molar-refractivity contribution in [2.75, 3.05) is 7.11 Å². The van der Waals surface area contributed by atoms with E-state index in [1.54, 1.807) is 18.2 Å². The minimum absolute atomic E-state index is 0.178. The van der Waals surface area contributed by atoms with Gasteiger partial charge in [0, 0.05) is 7.11 Å². The molecule has 16 heavy (non-hydrogen) atoms. The third-order valence-electron chi connectivity index (χ3n) is 3.03. The number of methoxy groups -OCH3 is 1. The van der Waals surface area contributed by atoms with Crippen LogP contribution in [0.2, 0.25) is 0 Å². The highest BCUT2D eigenvalue weighted by Crippen LogP contribution is 2.24. The minimum Gasteiger partial charge on any atom is -0.381 e. The van der Waals surface area contributed by atoms with Crippen molar-refractivity contribution < 1.29 is 9.13 Å². The molecule has 0 aliphatic heterocycles. The van der Waals surface area contributed by atoms with Crippen LogP contribution in [0.1, 0.15) is 32.6 Å². The summed E-state index contributed by atoms with van der Waals surface area (Å²) >= 11 is 0. The molecule has 0 saturated heterocycles. The van der Waals surface area contributed by atoms with E-state index in [1.165, 1.54) is 37.8 Å². The first-order chi connectivity index (χ1) is 7.72. The Kier molecular flexibility index (Phi) is 6.09. The molecule has 1 nitrogen and oxygen atoms in total. The molecule has 1 fully saturated rings. The van der Waals surface area contributed by atoms with Crippen molar-refractivity contribution in [3.63, 3.8) is 0 Å². The van der Waals surface area contributed by atoms with E-state index in [0.717, 1.165) is 5.92 Å². The van der Waals surface area contributed by atoms with Gasteiger partial charge >= 0.3 is 0 Å². The van der Waals surface area contributed by atoms with E-state index in [1.807, 2.05) is 7.11 Å².